The third kappa shape index (κ3) is 2.90. The first-order chi connectivity index (χ1) is 6.45. The molecule has 2 aliphatic rings. The van der Waals surface area contributed by atoms with Crippen LogP contribution >= 0.6 is 11.8 Å². The predicted molar refractivity (Wildman–Crippen MR) is 57.3 cm³/mol. The average Bonchev–Trinajstić information content (AvgIpc) is 2.75. The molecule has 2 nitrogen and oxygen atoms in total. The highest BCUT2D eigenvalue weighted by Gasteiger charge is 2.16. The molecule has 2 rings (SSSR count). The van der Waals surface area contributed by atoms with Gasteiger partial charge >= 0.3 is 0 Å². The second-order valence-electron chi connectivity index (χ2n) is 3.89. The zero-order chi connectivity index (χ0) is 8.93. The number of nitrogens with zero attached hydrogens (tertiary/aromatic N) is 1. The maximum Gasteiger partial charge on any atom is 0.127 e. The average molecular weight is 199 g/mol. The minimum atomic E-state index is 0.422. The minimum absolute atomic E-state index is 0.422. The lowest BCUT2D eigenvalue weighted by Gasteiger charge is -2.06. The van der Waals surface area contributed by atoms with E-state index in [-0.39, 0.29) is 0 Å². The molecule has 3 heteroatoms. The van der Waals surface area contributed by atoms with E-state index in [0.29, 0.717) is 12.0 Å². The van der Waals surface area contributed by atoms with Crippen molar-refractivity contribution in [2.45, 2.75) is 38.2 Å². The monoisotopic (exact) mass is 199 g/mol. The second-order valence-corrected chi connectivity index (χ2v) is 5.04. The molecule has 0 bridgehead atoms. The Balaban J connectivity index is 1.65. The van der Waals surface area contributed by atoms with Gasteiger partial charge in [-0.25, -0.2) is 0 Å². The maximum absolute atomic E-state index is 5.43. The molecule has 1 heterocycles. The van der Waals surface area contributed by atoms with Crippen LogP contribution in [0.4, 0.5) is 0 Å². The van der Waals surface area contributed by atoms with Crippen LogP contribution in [-0.2, 0) is 4.84 Å². The van der Waals surface area contributed by atoms with Gasteiger partial charge in [-0.05, 0) is 37.9 Å². The lowest BCUT2D eigenvalue weighted by atomic mass is 10.1. The van der Waals surface area contributed by atoms with Crippen LogP contribution in [0.25, 0.3) is 0 Å². The molecule has 1 saturated carbocycles. The largest absolute Gasteiger partial charge is 0.393 e. The standard InChI is InChI=1S/C10H17NOS/c1-2-4-10(3-1)12-11-7-9-5-6-13-8-9/h7,9-10H,1-6,8H2/b11-7+. The fourth-order valence-electron chi connectivity index (χ4n) is 1.87. The van der Waals surface area contributed by atoms with Gasteiger partial charge in [-0.3, -0.25) is 0 Å². The molecule has 1 atom stereocenters. The number of rotatable bonds is 3. The van der Waals surface area contributed by atoms with E-state index in [1.807, 2.05) is 18.0 Å². The van der Waals surface area contributed by atoms with E-state index in [0.717, 1.165) is 0 Å². The van der Waals surface area contributed by atoms with Crippen LogP contribution < -0.4 is 0 Å². The first kappa shape index (κ1) is 9.38. The van der Waals surface area contributed by atoms with Gasteiger partial charge in [-0.2, -0.15) is 11.8 Å². The highest BCUT2D eigenvalue weighted by molar-refractivity contribution is 7.99. The third-order valence-electron chi connectivity index (χ3n) is 2.75. The summed E-state index contributed by atoms with van der Waals surface area (Å²) >= 11 is 2.02. The van der Waals surface area contributed by atoms with Gasteiger partial charge in [-0.15, -0.1) is 0 Å². The van der Waals surface area contributed by atoms with Gasteiger partial charge in [0.05, 0.1) is 0 Å². The Labute approximate surface area is 84.1 Å². The number of hydrogen-bond donors (Lipinski definition) is 0. The van der Waals surface area contributed by atoms with E-state index >= 15 is 0 Å². The molecule has 13 heavy (non-hydrogen) atoms. The van der Waals surface area contributed by atoms with Crippen LogP contribution in [0.5, 0.6) is 0 Å². The molecule has 0 radical (unpaired) electrons. The van der Waals surface area contributed by atoms with Gasteiger partial charge in [0.25, 0.3) is 0 Å². The second kappa shape index (κ2) is 4.89. The van der Waals surface area contributed by atoms with Crippen LogP contribution in [0.15, 0.2) is 5.16 Å². The minimum Gasteiger partial charge on any atom is -0.393 e. The zero-order valence-electron chi connectivity index (χ0n) is 7.95. The summed E-state index contributed by atoms with van der Waals surface area (Å²) in [5.41, 5.74) is 0. The fraction of sp³-hybridized carbons (Fsp3) is 0.900. The van der Waals surface area contributed by atoms with Gasteiger partial charge in [0.15, 0.2) is 0 Å². The number of thioether (sulfide) groups is 1. The molecule has 0 aromatic rings. The van der Waals surface area contributed by atoms with E-state index in [2.05, 4.69) is 5.16 Å². The summed E-state index contributed by atoms with van der Waals surface area (Å²) in [4.78, 5) is 5.43. The molecule has 0 spiro atoms. The Morgan fingerprint density at radius 2 is 2.08 bits per heavy atom. The normalized spacial score (nSPS) is 30.3. The first-order valence-corrected chi connectivity index (χ1v) is 6.37. The lowest BCUT2D eigenvalue weighted by Crippen LogP contribution is -2.05. The molecule has 0 aromatic heterocycles. The van der Waals surface area contributed by atoms with Gasteiger partial charge in [0, 0.05) is 17.9 Å². The predicted octanol–water partition coefficient (Wildman–Crippen LogP) is 2.68. The molecular formula is C10H17NOS. The van der Waals surface area contributed by atoms with Crippen molar-refractivity contribution >= 4 is 18.0 Å². The van der Waals surface area contributed by atoms with E-state index < -0.39 is 0 Å². The van der Waals surface area contributed by atoms with Crippen molar-refractivity contribution in [2.24, 2.45) is 11.1 Å². The zero-order valence-corrected chi connectivity index (χ0v) is 8.76. The first-order valence-electron chi connectivity index (χ1n) is 5.22. The quantitative estimate of drug-likeness (QED) is 0.515. The molecule has 1 aliphatic carbocycles. The smallest absolute Gasteiger partial charge is 0.127 e. The summed E-state index contributed by atoms with van der Waals surface area (Å²) < 4.78 is 0. The van der Waals surface area contributed by atoms with E-state index in [1.165, 1.54) is 43.6 Å². The number of hydrogen-bond acceptors (Lipinski definition) is 3. The molecule has 1 saturated heterocycles. The highest BCUT2D eigenvalue weighted by atomic mass is 32.2. The molecule has 0 amide bonds. The van der Waals surface area contributed by atoms with Crippen molar-refractivity contribution in [3.63, 3.8) is 0 Å². The fourth-order valence-corrected chi connectivity index (χ4v) is 3.06. The van der Waals surface area contributed by atoms with E-state index in [1.54, 1.807) is 0 Å². The SMILES string of the molecule is C(=N\OC1CCCC1)/C1CCSC1. The van der Waals surface area contributed by atoms with Crippen LogP contribution in [0.3, 0.4) is 0 Å². The summed E-state index contributed by atoms with van der Waals surface area (Å²) in [5, 5.41) is 4.10. The van der Waals surface area contributed by atoms with Crippen molar-refractivity contribution in [1.29, 1.82) is 0 Å². The third-order valence-corrected chi connectivity index (χ3v) is 3.94. The van der Waals surface area contributed by atoms with E-state index in [4.69, 9.17) is 4.84 Å². The Bertz CT molecular complexity index is 172. The van der Waals surface area contributed by atoms with Crippen molar-refractivity contribution in [3.05, 3.63) is 0 Å². The summed E-state index contributed by atoms with van der Waals surface area (Å²) in [6.07, 6.45) is 8.76. The van der Waals surface area contributed by atoms with Crippen LogP contribution in [-0.4, -0.2) is 23.8 Å². The van der Waals surface area contributed by atoms with Crippen molar-refractivity contribution in [3.8, 4) is 0 Å². The molecule has 74 valence electrons. The summed E-state index contributed by atoms with van der Waals surface area (Å²) in [6.45, 7) is 0. The maximum atomic E-state index is 5.43. The Hall–Kier alpha value is -0.180. The Morgan fingerprint density at radius 1 is 1.23 bits per heavy atom. The molecule has 0 aromatic carbocycles. The van der Waals surface area contributed by atoms with Gasteiger partial charge < -0.3 is 4.84 Å². The van der Waals surface area contributed by atoms with Crippen molar-refractivity contribution < 1.29 is 4.84 Å². The van der Waals surface area contributed by atoms with Crippen molar-refractivity contribution in [1.82, 2.24) is 0 Å². The molecule has 2 fully saturated rings. The van der Waals surface area contributed by atoms with Crippen molar-refractivity contribution in [2.75, 3.05) is 11.5 Å². The summed E-state index contributed by atoms with van der Waals surface area (Å²) in [7, 11) is 0. The Morgan fingerprint density at radius 3 is 2.77 bits per heavy atom. The molecular weight excluding hydrogens is 182 g/mol. The van der Waals surface area contributed by atoms with Crippen LogP contribution in [0, 0.1) is 5.92 Å². The molecule has 0 N–H and O–H groups in total. The number of oxime groups is 1. The van der Waals surface area contributed by atoms with Crippen LogP contribution in [0.1, 0.15) is 32.1 Å². The topological polar surface area (TPSA) is 21.6 Å². The highest BCUT2D eigenvalue weighted by Crippen LogP contribution is 2.23. The lowest BCUT2D eigenvalue weighted by molar-refractivity contribution is 0.0647. The van der Waals surface area contributed by atoms with E-state index in [9.17, 15) is 0 Å². The molecule has 1 unspecified atom stereocenters. The summed E-state index contributed by atoms with van der Waals surface area (Å²) in [6, 6.07) is 0. The van der Waals surface area contributed by atoms with Gasteiger partial charge in [0.2, 0.25) is 0 Å². The van der Waals surface area contributed by atoms with Gasteiger partial charge in [-0.1, -0.05) is 5.16 Å². The van der Waals surface area contributed by atoms with Crippen LogP contribution in [0.2, 0.25) is 0 Å². The summed E-state index contributed by atoms with van der Waals surface area (Å²) in [5.74, 6) is 3.20. The molecule has 1 aliphatic heterocycles. The Kier molecular flexibility index (Phi) is 3.53. The van der Waals surface area contributed by atoms with Gasteiger partial charge in [0.1, 0.15) is 6.10 Å².